The number of hydrogen-bond acceptors (Lipinski definition) is 3. The largest absolute Gasteiger partial charge is 0.444 e. The van der Waals surface area contributed by atoms with Crippen LogP contribution in [0.2, 0.25) is 0 Å². The summed E-state index contributed by atoms with van der Waals surface area (Å²) in [6, 6.07) is 0. The van der Waals surface area contributed by atoms with E-state index in [4.69, 9.17) is 9.47 Å². The van der Waals surface area contributed by atoms with Gasteiger partial charge in [-0.05, 0) is 20.8 Å². The lowest BCUT2D eigenvalue weighted by Gasteiger charge is -2.27. The maximum absolute atomic E-state index is 13.4. The summed E-state index contributed by atoms with van der Waals surface area (Å²) >= 11 is 0. The van der Waals surface area contributed by atoms with Crippen LogP contribution in [0.3, 0.4) is 0 Å². The van der Waals surface area contributed by atoms with E-state index in [1.165, 1.54) is 4.90 Å². The average molecular weight is 263 g/mol. The van der Waals surface area contributed by atoms with Crippen molar-refractivity contribution in [1.82, 2.24) is 4.90 Å². The van der Waals surface area contributed by atoms with Crippen molar-refractivity contribution < 1.29 is 23.0 Å². The SMILES string of the molecule is CC(C)(C)OC(=O)N1CCOCC2(C1)CC2(F)F. The Morgan fingerprint density at radius 3 is 2.50 bits per heavy atom. The Balaban J connectivity index is 2.03. The van der Waals surface area contributed by atoms with Gasteiger partial charge in [0.15, 0.2) is 0 Å². The molecular formula is C12H19F2NO3. The van der Waals surface area contributed by atoms with E-state index in [9.17, 15) is 13.6 Å². The molecule has 1 heterocycles. The first-order chi connectivity index (χ1) is 8.15. The molecule has 0 radical (unpaired) electrons. The summed E-state index contributed by atoms with van der Waals surface area (Å²) in [7, 11) is 0. The van der Waals surface area contributed by atoms with E-state index in [0.29, 0.717) is 6.54 Å². The molecule has 104 valence electrons. The van der Waals surface area contributed by atoms with Crippen LogP contribution >= 0.6 is 0 Å². The fraction of sp³-hybridized carbons (Fsp3) is 0.917. The van der Waals surface area contributed by atoms with Crippen molar-refractivity contribution in [2.24, 2.45) is 5.41 Å². The first-order valence-electron chi connectivity index (χ1n) is 6.09. The number of rotatable bonds is 0. The molecule has 1 atom stereocenters. The standard InChI is InChI=1S/C12H19F2NO3/c1-10(2,3)18-9(16)15-4-5-17-8-11(7-15)6-12(11,13)14/h4-8H2,1-3H3. The van der Waals surface area contributed by atoms with Gasteiger partial charge in [-0.25, -0.2) is 13.6 Å². The number of hydrogen-bond donors (Lipinski definition) is 0. The molecule has 1 aliphatic heterocycles. The molecule has 0 aromatic rings. The lowest BCUT2D eigenvalue weighted by molar-refractivity contribution is 0.00842. The molecule has 0 N–H and O–H groups in total. The van der Waals surface area contributed by atoms with E-state index in [1.54, 1.807) is 20.8 Å². The third-order valence-electron chi connectivity index (χ3n) is 3.24. The Morgan fingerprint density at radius 1 is 1.39 bits per heavy atom. The fourth-order valence-electron chi connectivity index (χ4n) is 2.12. The van der Waals surface area contributed by atoms with Gasteiger partial charge in [0.1, 0.15) is 5.60 Å². The lowest BCUT2D eigenvalue weighted by atomic mass is 10.1. The molecule has 4 nitrogen and oxygen atoms in total. The summed E-state index contributed by atoms with van der Waals surface area (Å²) in [5.41, 5.74) is -1.82. The zero-order chi connectivity index (χ0) is 13.6. The maximum Gasteiger partial charge on any atom is 0.410 e. The molecule has 2 rings (SSSR count). The first-order valence-corrected chi connectivity index (χ1v) is 6.09. The summed E-state index contributed by atoms with van der Waals surface area (Å²) in [5, 5.41) is 0. The minimum atomic E-state index is -2.72. The Labute approximate surface area is 105 Å². The molecule has 0 aromatic carbocycles. The minimum absolute atomic E-state index is 0.00884. The van der Waals surface area contributed by atoms with Crippen LogP contribution < -0.4 is 0 Å². The molecule has 2 fully saturated rings. The van der Waals surface area contributed by atoms with Crippen LogP contribution in [0.4, 0.5) is 13.6 Å². The first kappa shape index (κ1) is 13.5. The summed E-state index contributed by atoms with van der Waals surface area (Å²) in [5.74, 6) is -2.72. The van der Waals surface area contributed by atoms with Crippen LogP contribution in [0.1, 0.15) is 27.2 Å². The Hall–Kier alpha value is -0.910. The van der Waals surface area contributed by atoms with E-state index in [0.717, 1.165) is 0 Å². The van der Waals surface area contributed by atoms with E-state index < -0.39 is 23.0 Å². The predicted molar refractivity (Wildman–Crippen MR) is 60.6 cm³/mol. The topological polar surface area (TPSA) is 38.8 Å². The van der Waals surface area contributed by atoms with Gasteiger partial charge in [0.05, 0.1) is 18.6 Å². The van der Waals surface area contributed by atoms with Crippen molar-refractivity contribution in [1.29, 1.82) is 0 Å². The van der Waals surface area contributed by atoms with Crippen molar-refractivity contribution in [3.63, 3.8) is 0 Å². The molecular weight excluding hydrogens is 244 g/mol. The van der Waals surface area contributed by atoms with Gasteiger partial charge in [-0.1, -0.05) is 0 Å². The summed E-state index contributed by atoms with van der Waals surface area (Å²) < 4.78 is 37.1. The summed E-state index contributed by atoms with van der Waals surface area (Å²) in [4.78, 5) is 13.2. The fourth-order valence-corrected chi connectivity index (χ4v) is 2.12. The highest BCUT2D eigenvalue weighted by atomic mass is 19.3. The molecule has 1 spiro atoms. The molecule has 6 heteroatoms. The Morgan fingerprint density at radius 2 is 2.00 bits per heavy atom. The number of ether oxygens (including phenoxy) is 2. The monoisotopic (exact) mass is 263 g/mol. The van der Waals surface area contributed by atoms with Crippen molar-refractivity contribution in [3.8, 4) is 0 Å². The quantitative estimate of drug-likeness (QED) is 0.673. The van der Waals surface area contributed by atoms with Crippen molar-refractivity contribution in [3.05, 3.63) is 0 Å². The van der Waals surface area contributed by atoms with E-state index in [2.05, 4.69) is 0 Å². The third kappa shape index (κ3) is 2.58. The highest BCUT2D eigenvalue weighted by Gasteiger charge is 2.72. The number of carbonyl (C=O) groups is 1. The van der Waals surface area contributed by atoms with Crippen LogP contribution in [0.15, 0.2) is 0 Å². The van der Waals surface area contributed by atoms with Crippen molar-refractivity contribution >= 4 is 6.09 Å². The van der Waals surface area contributed by atoms with Gasteiger partial charge in [-0.15, -0.1) is 0 Å². The molecule has 1 saturated carbocycles. The summed E-state index contributed by atoms with van der Waals surface area (Å²) in [6.07, 6.45) is -0.755. The summed E-state index contributed by atoms with van der Waals surface area (Å²) in [6.45, 7) is 5.85. The molecule has 1 unspecified atom stereocenters. The third-order valence-corrected chi connectivity index (χ3v) is 3.24. The predicted octanol–water partition coefficient (Wildman–Crippen LogP) is 2.28. The van der Waals surface area contributed by atoms with Crippen LogP contribution in [0.5, 0.6) is 0 Å². The molecule has 2 aliphatic rings. The average Bonchev–Trinajstić information content (AvgIpc) is 2.78. The van der Waals surface area contributed by atoms with Gasteiger partial charge in [-0.2, -0.15) is 0 Å². The molecule has 18 heavy (non-hydrogen) atoms. The Kier molecular flexibility index (Phi) is 3.04. The highest BCUT2D eigenvalue weighted by Crippen LogP contribution is 2.61. The van der Waals surface area contributed by atoms with Crippen LogP contribution in [-0.4, -0.2) is 48.8 Å². The van der Waals surface area contributed by atoms with E-state index in [1.807, 2.05) is 0 Å². The van der Waals surface area contributed by atoms with Gasteiger partial charge in [-0.3, -0.25) is 0 Å². The highest BCUT2D eigenvalue weighted by molar-refractivity contribution is 5.68. The van der Waals surface area contributed by atoms with Gasteiger partial charge in [0.25, 0.3) is 5.92 Å². The maximum atomic E-state index is 13.4. The second-order valence-corrected chi connectivity index (χ2v) is 6.12. The van der Waals surface area contributed by atoms with E-state index in [-0.39, 0.29) is 26.2 Å². The van der Waals surface area contributed by atoms with Gasteiger partial charge >= 0.3 is 6.09 Å². The van der Waals surface area contributed by atoms with Gasteiger partial charge in [0.2, 0.25) is 0 Å². The molecule has 1 amide bonds. The van der Waals surface area contributed by atoms with Crippen LogP contribution in [0.25, 0.3) is 0 Å². The Bertz CT molecular complexity index is 354. The smallest absolute Gasteiger partial charge is 0.410 e. The number of alkyl halides is 2. The molecule has 1 aliphatic carbocycles. The van der Waals surface area contributed by atoms with Crippen LogP contribution in [0, 0.1) is 5.41 Å². The number of halogens is 2. The second-order valence-electron chi connectivity index (χ2n) is 6.12. The van der Waals surface area contributed by atoms with Crippen LogP contribution in [-0.2, 0) is 9.47 Å². The normalized spacial score (nSPS) is 31.1. The van der Waals surface area contributed by atoms with E-state index >= 15 is 0 Å². The lowest BCUT2D eigenvalue weighted by Crippen LogP contribution is -2.41. The zero-order valence-electron chi connectivity index (χ0n) is 11.0. The zero-order valence-corrected chi connectivity index (χ0v) is 11.0. The van der Waals surface area contributed by atoms with Crippen molar-refractivity contribution in [2.45, 2.75) is 38.7 Å². The van der Waals surface area contributed by atoms with Gasteiger partial charge in [0, 0.05) is 19.5 Å². The molecule has 1 saturated heterocycles. The molecule has 0 bridgehead atoms. The minimum Gasteiger partial charge on any atom is -0.444 e. The molecule has 0 aromatic heterocycles. The number of nitrogens with zero attached hydrogens (tertiary/aromatic N) is 1. The second kappa shape index (κ2) is 4.05. The van der Waals surface area contributed by atoms with Crippen molar-refractivity contribution in [2.75, 3.05) is 26.3 Å². The number of amides is 1. The number of carbonyl (C=O) groups excluding carboxylic acids is 1. The van der Waals surface area contributed by atoms with Gasteiger partial charge < -0.3 is 14.4 Å².